The van der Waals surface area contributed by atoms with Gasteiger partial charge in [0.25, 0.3) is 0 Å². The van der Waals surface area contributed by atoms with Crippen molar-refractivity contribution < 1.29 is 9.53 Å². The van der Waals surface area contributed by atoms with Gasteiger partial charge in [0.15, 0.2) is 0 Å². The average Bonchev–Trinajstić information content (AvgIpc) is 2.53. The molecule has 0 aliphatic carbocycles. The zero-order chi connectivity index (χ0) is 13.8. The van der Waals surface area contributed by atoms with Gasteiger partial charge in [0, 0.05) is 19.2 Å². The Bertz CT molecular complexity index is 469. The topological polar surface area (TPSA) is 50.4 Å². The second-order valence-electron chi connectivity index (χ2n) is 5.61. The molecule has 1 amide bonds. The van der Waals surface area contributed by atoms with E-state index in [9.17, 15) is 4.79 Å². The molecular formula is C16H22N2O2. The summed E-state index contributed by atoms with van der Waals surface area (Å²) in [7, 11) is 0. The van der Waals surface area contributed by atoms with Gasteiger partial charge in [-0.15, -0.1) is 0 Å². The van der Waals surface area contributed by atoms with Crippen LogP contribution in [0.1, 0.15) is 30.0 Å². The maximum absolute atomic E-state index is 12.1. The Morgan fingerprint density at radius 1 is 1.40 bits per heavy atom. The molecule has 0 aromatic heterocycles. The molecule has 2 N–H and O–H groups in total. The van der Waals surface area contributed by atoms with Crippen LogP contribution in [0.4, 0.5) is 0 Å². The van der Waals surface area contributed by atoms with Crippen LogP contribution in [0.2, 0.25) is 0 Å². The number of amides is 1. The van der Waals surface area contributed by atoms with Gasteiger partial charge in [-0.1, -0.05) is 24.3 Å². The van der Waals surface area contributed by atoms with Crippen molar-refractivity contribution in [3.63, 3.8) is 0 Å². The quantitative estimate of drug-likeness (QED) is 0.876. The summed E-state index contributed by atoms with van der Waals surface area (Å²) in [4.78, 5) is 12.1. The van der Waals surface area contributed by atoms with Crippen LogP contribution >= 0.6 is 0 Å². The molecule has 2 unspecified atom stereocenters. The van der Waals surface area contributed by atoms with E-state index in [1.54, 1.807) is 0 Å². The summed E-state index contributed by atoms with van der Waals surface area (Å²) < 4.78 is 5.37. The molecule has 1 aromatic rings. The average molecular weight is 274 g/mol. The lowest BCUT2D eigenvalue weighted by Gasteiger charge is -2.28. The second kappa shape index (κ2) is 6.37. The number of carbonyl (C=O) groups is 1. The standard InChI is InChI=1S/C16H22N2O2/c19-16(13-5-3-9-20-11-13)18-10-15-14-6-2-1-4-12(14)7-8-17-15/h1-2,4,6,13,15,17H,3,5,7-11H2,(H,18,19). The molecule has 0 spiro atoms. The first-order chi connectivity index (χ1) is 9.84. The molecule has 0 saturated carbocycles. The van der Waals surface area contributed by atoms with Crippen LogP contribution in [0, 0.1) is 5.92 Å². The van der Waals surface area contributed by atoms with Crippen LogP contribution in [0.15, 0.2) is 24.3 Å². The number of ether oxygens (including phenoxy) is 1. The van der Waals surface area contributed by atoms with E-state index in [2.05, 4.69) is 34.9 Å². The Kier molecular flexibility index (Phi) is 4.33. The SMILES string of the molecule is O=C(NCC1NCCc2ccccc21)C1CCCOC1. The molecule has 1 saturated heterocycles. The van der Waals surface area contributed by atoms with Gasteiger partial charge in [-0.05, 0) is 36.9 Å². The summed E-state index contributed by atoms with van der Waals surface area (Å²) in [6.07, 6.45) is 3.00. The fraction of sp³-hybridized carbons (Fsp3) is 0.562. The monoisotopic (exact) mass is 274 g/mol. The van der Waals surface area contributed by atoms with E-state index in [0.29, 0.717) is 13.2 Å². The molecule has 1 aromatic carbocycles. The maximum atomic E-state index is 12.1. The molecule has 4 heteroatoms. The molecule has 20 heavy (non-hydrogen) atoms. The smallest absolute Gasteiger partial charge is 0.225 e. The molecule has 2 atom stereocenters. The largest absolute Gasteiger partial charge is 0.381 e. The van der Waals surface area contributed by atoms with E-state index in [1.807, 2.05) is 0 Å². The maximum Gasteiger partial charge on any atom is 0.225 e. The fourth-order valence-corrected chi connectivity index (χ4v) is 3.07. The van der Waals surface area contributed by atoms with Gasteiger partial charge in [0.1, 0.15) is 0 Å². The van der Waals surface area contributed by atoms with E-state index in [0.717, 1.165) is 32.4 Å². The lowest BCUT2D eigenvalue weighted by atomic mass is 9.94. The molecule has 0 bridgehead atoms. The van der Waals surface area contributed by atoms with Crippen LogP contribution in [-0.2, 0) is 16.0 Å². The Balaban J connectivity index is 1.57. The van der Waals surface area contributed by atoms with Gasteiger partial charge in [0.2, 0.25) is 5.91 Å². The summed E-state index contributed by atoms with van der Waals surface area (Å²) >= 11 is 0. The van der Waals surface area contributed by atoms with Gasteiger partial charge in [0.05, 0.1) is 12.5 Å². The van der Waals surface area contributed by atoms with Crippen LogP contribution in [0.5, 0.6) is 0 Å². The summed E-state index contributed by atoms with van der Waals surface area (Å²) in [5.74, 6) is 0.164. The van der Waals surface area contributed by atoms with Gasteiger partial charge in [-0.2, -0.15) is 0 Å². The fourth-order valence-electron chi connectivity index (χ4n) is 3.07. The van der Waals surface area contributed by atoms with E-state index in [4.69, 9.17) is 4.74 Å². The highest BCUT2D eigenvalue weighted by molar-refractivity contribution is 5.78. The summed E-state index contributed by atoms with van der Waals surface area (Å²) in [6, 6.07) is 8.71. The van der Waals surface area contributed by atoms with Crippen LogP contribution in [0.3, 0.4) is 0 Å². The first-order valence-electron chi connectivity index (χ1n) is 7.51. The van der Waals surface area contributed by atoms with E-state index in [1.165, 1.54) is 11.1 Å². The van der Waals surface area contributed by atoms with Crippen molar-refractivity contribution in [2.24, 2.45) is 5.92 Å². The predicted molar refractivity (Wildman–Crippen MR) is 77.4 cm³/mol. The van der Waals surface area contributed by atoms with Crippen molar-refractivity contribution in [3.05, 3.63) is 35.4 Å². The predicted octanol–water partition coefficient (Wildman–Crippen LogP) is 1.42. The molecule has 2 heterocycles. The molecule has 4 nitrogen and oxygen atoms in total. The highest BCUT2D eigenvalue weighted by Gasteiger charge is 2.24. The van der Waals surface area contributed by atoms with E-state index < -0.39 is 0 Å². The summed E-state index contributed by atoms with van der Waals surface area (Å²) in [5.41, 5.74) is 2.71. The lowest BCUT2D eigenvalue weighted by molar-refractivity contribution is -0.129. The third-order valence-electron chi connectivity index (χ3n) is 4.23. The highest BCUT2D eigenvalue weighted by Crippen LogP contribution is 2.22. The third kappa shape index (κ3) is 3.02. The molecule has 0 radical (unpaired) electrons. The number of rotatable bonds is 3. The van der Waals surface area contributed by atoms with Crippen molar-refractivity contribution in [2.75, 3.05) is 26.3 Å². The lowest BCUT2D eigenvalue weighted by Crippen LogP contribution is -2.42. The minimum Gasteiger partial charge on any atom is -0.381 e. The Labute approximate surface area is 119 Å². The van der Waals surface area contributed by atoms with E-state index in [-0.39, 0.29) is 17.9 Å². The molecule has 108 valence electrons. The number of fused-ring (bicyclic) bond motifs is 1. The van der Waals surface area contributed by atoms with Gasteiger partial charge in [-0.3, -0.25) is 4.79 Å². The molecule has 1 fully saturated rings. The van der Waals surface area contributed by atoms with Crippen molar-refractivity contribution in [2.45, 2.75) is 25.3 Å². The Morgan fingerprint density at radius 2 is 2.30 bits per heavy atom. The Morgan fingerprint density at radius 3 is 3.15 bits per heavy atom. The second-order valence-corrected chi connectivity index (χ2v) is 5.61. The number of hydrogen-bond donors (Lipinski definition) is 2. The number of hydrogen-bond acceptors (Lipinski definition) is 3. The zero-order valence-corrected chi connectivity index (χ0v) is 11.7. The minimum atomic E-state index is 0.0302. The molecule has 2 aliphatic heterocycles. The Hall–Kier alpha value is -1.39. The van der Waals surface area contributed by atoms with Crippen molar-refractivity contribution >= 4 is 5.91 Å². The van der Waals surface area contributed by atoms with Gasteiger partial charge < -0.3 is 15.4 Å². The molecule has 2 aliphatic rings. The number of nitrogens with one attached hydrogen (secondary N) is 2. The van der Waals surface area contributed by atoms with E-state index >= 15 is 0 Å². The van der Waals surface area contributed by atoms with Crippen molar-refractivity contribution in [1.82, 2.24) is 10.6 Å². The van der Waals surface area contributed by atoms with Gasteiger partial charge >= 0.3 is 0 Å². The normalized spacial score (nSPS) is 25.8. The molecule has 3 rings (SSSR count). The zero-order valence-electron chi connectivity index (χ0n) is 11.7. The number of carbonyl (C=O) groups excluding carboxylic acids is 1. The first kappa shape index (κ1) is 13.6. The van der Waals surface area contributed by atoms with Crippen molar-refractivity contribution in [3.8, 4) is 0 Å². The van der Waals surface area contributed by atoms with Crippen LogP contribution < -0.4 is 10.6 Å². The summed E-state index contributed by atoms with van der Waals surface area (Å²) in [5, 5.41) is 6.57. The highest BCUT2D eigenvalue weighted by atomic mass is 16.5. The summed E-state index contributed by atoms with van der Waals surface area (Å²) in [6.45, 7) is 3.00. The minimum absolute atomic E-state index is 0.0302. The third-order valence-corrected chi connectivity index (χ3v) is 4.23. The van der Waals surface area contributed by atoms with Crippen molar-refractivity contribution in [1.29, 1.82) is 0 Å². The first-order valence-corrected chi connectivity index (χ1v) is 7.51. The van der Waals surface area contributed by atoms with Crippen LogP contribution in [0.25, 0.3) is 0 Å². The van der Waals surface area contributed by atoms with Gasteiger partial charge in [-0.25, -0.2) is 0 Å². The number of benzene rings is 1. The van der Waals surface area contributed by atoms with Crippen LogP contribution in [-0.4, -0.2) is 32.2 Å². The molecular weight excluding hydrogens is 252 g/mol.